The van der Waals surface area contributed by atoms with Crippen molar-refractivity contribution in [3.05, 3.63) is 70.6 Å². The molecule has 8 nitrogen and oxygen atoms in total. The summed E-state index contributed by atoms with van der Waals surface area (Å²) in [5.41, 5.74) is 5.46. The van der Waals surface area contributed by atoms with Crippen LogP contribution in [0.15, 0.2) is 59.5 Å². The van der Waals surface area contributed by atoms with E-state index >= 15 is 0 Å². The van der Waals surface area contributed by atoms with Gasteiger partial charge in [-0.3, -0.25) is 4.98 Å². The summed E-state index contributed by atoms with van der Waals surface area (Å²) in [6.45, 7) is 7.89. The number of imidazole rings is 1. The molecule has 2 N–H and O–H groups in total. The Morgan fingerprint density at radius 2 is 1.89 bits per heavy atom. The number of halogens is 1. The van der Waals surface area contributed by atoms with E-state index in [0.29, 0.717) is 12.5 Å². The molecule has 1 aromatic carbocycles. The molecule has 1 aliphatic heterocycles. The molecule has 1 amide bonds. The number of H-pyrrole nitrogens is 1. The Morgan fingerprint density at radius 1 is 1.13 bits per heavy atom. The number of alkyl carbamates (subject to hydrolysis) is 1. The van der Waals surface area contributed by atoms with Crippen molar-refractivity contribution in [2.75, 3.05) is 18.0 Å². The summed E-state index contributed by atoms with van der Waals surface area (Å²) in [7, 11) is 0. The number of rotatable bonds is 6. The number of benzene rings is 1. The van der Waals surface area contributed by atoms with Crippen molar-refractivity contribution >= 4 is 38.9 Å². The number of ether oxygens (including phenoxy) is 1. The van der Waals surface area contributed by atoms with Crippen LogP contribution in [0.25, 0.3) is 22.6 Å². The lowest BCUT2D eigenvalue weighted by Crippen LogP contribution is -2.34. The molecule has 9 heteroatoms. The van der Waals surface area contributed by atoms with Gasteiger partial charge >= 0.3 is 6.09 Å². The van der Waals surface area contributed by atoms with Gasteiger partial charge in [0.05, 0.1) is 10.2 Å². The van der Waals surface area contributed by atoms with E-state index in [1.807, 2.05) is 69.7 Å². The van der Waals surface area contributed by atoms with Gasteiger partial charge in [0, 0.05) is 43.8 Å². The molecular formula is C29H33BrN6O2. The number of aromatic amines is 1. The molecule has 38 heavy (non-hydrogen) atoms. The predicted octanol–water partition coefficient (Wildman–Crippen LogP) is 6.27. The molecule has 0 bridgehead atoms. The van der Waals surface area contributed by atoms with Crippen LogP contribution in [-0.2, 0) is 17.7 Å². The molecule has 0 saturated carbocycles. The first-order valence-corrected chi connectivity index (χ1v) is 13.8. The van der Waals surface area contributed by atoms with E-state index in [1.54, 1.807) is 0 Å². The van der Waals surface area contributed by atoms with Gasteiger partial charge in [0.1, 0.15) is 16.9 Å². The molecule has 0 atom stereocenters. The maximum Gasteiger partial charge on any atom is 0.407 e. The number of nitrogens with zero attached hydrogens (tertiary/aromatic N) is 4. The Bertz CT molecular complexity index is 1390. The van der Waals surface area contributed by atoms with Crippen LogP contribution in [0.1, 0.15) is 44.7 Å². The van der Waals surface area contributed by atoms with Crippen LogP contribution in [0.2, 0.25) is 0 Å². The van der Waals surface area contributed by atoms with Gasteiger partial charge in [0.15, 0.2) is 5.65 Å². The molecule has 5 rings (SSSR count). The van der Waals surface area contributed by atoms with Gasteiger partial charge in [-0.05, 0) is 79.1 Å². The Hall–Kier alpha value is -3.46. The van der Waals surface area contributed by atoms with Crippen molar-refractivity contribution in [1.29, 1.82) is 0 Å². The minimum absolute atomic E-state index is 0.394. The summed E-state index contributed by atoms with van der Waals surface area (Å²) >= 11 is 3.73. The van der Waals surface area contributed by atoms with Gasteiger partial charge in [-0.25, -0.2) is 14.8 Å². The van der Waals surface area contributed by atoms with E-state index in [0.717, 1.165) is 70.6 Å². The van der Waals surface area contributed by atoms with Crippen molar-refractivity contribution in [3.63, 3.8) is 0 Å². The third-order valence-corrected chi connectivity index (χ3v) is 7.26. The summed E-state index contributed by atoms with van der Waals surface area (Å²) in [6, 6.07) is 12.1. The van der Waals surface area contributed by atoms with Gasteiger partial charge in [0.25, 0.3) is 0 Å². The van der Waals surface area contributed by atoms with E-state index in [1.165, 1.54) is 5.56 Å². The quantitative estimate of drug-likeness (QED) is 0.281. The topological polar surface area (TPSA) is 96.0 Å². The van der Waals surface area contributed by atoms with Gasteiger partial charge in [-0.1, -0.05) is 30.3 Å². The van der Waals surface area contributed by atoms with Gasteiger partial charge < -0.3 is 19.9 Å². The minimum atomic E-state index is -0.521. The summed E-state index contributed by atoms with van der Waals surface area (Å²) in [6.07, 6.45) is 8.56. The average molecular weight is 578 g/mol. The number of piperidine rings is 1. The van der Waals surface area contributed by atoms with Crippen molar-refractivity contribution in [2.24, 2.45) is 5.92 Å². The highest BCUT2D eigenvalue weighted by molar-refractivity contribution is 9.10. The fourth-order valence-corrected chi connectivity index (χ4v) is 5.38. The molecule has 0 radical (unpaired) electrons. The zero-order valence-corrected chi connectivity index (χ0v) is 23.6. The Morgan fingerprint density at radius 3 is 2.58 bits per heavy atom. The summed E-state index contributed by atoms with van der Waals surface area (Å²) in [5.74, 6) is 1.43. The monoisotopic (exact) mass is 576 g/mol. The highest BCUT2D eigenvalue weighted by Crippen LogP contribution is 2.36. The number of hydrogen-bond acceptors (Lipinski definition) is 6. The van der Waals surface area contributed by atoms with Crippen molar-refractivity contribution in [2.45, 2.75) is 52.2 Å². The van der Waals surface area contributed by atoms with Crippen LogP contribution in [0, 0.1) is 5.92 Å². The molecule has 3 aromatic heterocycles. The molecule has 198 valence electrons. The predicted molar refractivity (Wildman–Crippen MR) is 153 cm³/mol. The molecule has 0 spiro atoms. The molecular weight excluding hydrogens is 544 g/mol. The number of carbonyl (C=O) groups excluding carboxylic acids is 1. The lowest BCUT2D eigenvalue weighted by Gasteiger charge is -2.34. The third-order valence-electron chi connectivity index (χ3n) is 6.68. The SMILES string of the molecule is CC(C)(C)OC(=O)NCc1ccc(-c2nc3c(N4CCC(Cc5cccnc5)CC4)c(Br)cnc3[nH]2)cc1. The van der Waals surface area contributed by atoms with Crippen molar-refractivity contribution in [3.8, 4) is 11.4 Å². The maximum absolute atomic E-state index is 11.9. The smallest absolute Gasteiger partial charge is 0.407 e. The highest BCUT2D eigenvalue weighted by Gasteiger charge is 2.24. The van der Waals surface area contributed by atoms with E-state index in [9.17, 15) is 4.79 Å². The van der Waals surface area contributed by atoms with Gasteiger partial charge in [-0.2, -0.15) is 0 Å². The normalized spacial score (nSPS) is 14.6. The van der Waals surface area contributed by atoms with Crippen LogP contribution in [0.5, 0.6) is 0 Å². The lowest BCUT2D eigenvalue weighted by molar-refractivity contribution is 0.0523. The molecule has 4 heterocycles. The second-order valence-corrected chi connectivity index (χ2v) is 11.6. The summed E-state index contributed by atoms with van der Waals surface area (Å²) < 4.78 is 6.26. The van der Waals surface area contributed by atoms with Crippen molar-refractivity contribution < 1.29 is 9.53 Å². The zero-order valence-electron chi connectivity index (χ0n) is 22.0. The molecule has 0 aliphatic carbocycles. The first-order valence-electron chi connectivity index (χ1n) is 13.0. The summed E-state index contributed by atoms with van der Waals surface area (Å²) in [5, 5.41) is 2.79. The third kappa shape index (κ3) is 6.32. The molecule has 1 saturated heterocycles. The number of amides is 1. The van der Waals surface area contributed by atoms with E-state index in [2.05, 4.69) is 47.2 Å². The zero-order chi connectivity index (χ0) is 26.7. The van der Waals surface area contributed by atoms with Gasteiger partial charge in [-0.15, -0.1) is 0 Å². The fraction of sp³-hybridized carbons (Fsp3) is 0.379. The number of aromatic nitrogens is 4. The van der Waals surface area contributed by atoms with Crippen LogP contribution >= 0.6 is 15.9 Å². The number of nitrogens with one attached hydrogen (secondary N) is 2. The van der Waals surface area contributed by atoms with Gasteiger partial charge in [0.2, 0.25) is 0 Å². The Kier molecular flexibility index (Phi) is 7.65. The summed E-state index contributed by atoms with van der Waals surface area (Å²) in [4.78, 5) is 31.6. The number of carbonyl (C=O) groups is 1. The molecule has 1 aliphatic rings. The van der Waals surface area contributed by atoms with Crippen LogP contribution in [0.4, 0.5) is 10.5 Å². The number of fused-ring (bicyclic) bond motifs is 1. The lowest BCUT2D eigenvalue weighted by atomic mass is 9.90. The second-order valence-electron chi connectivity index (χ2n) is 10.8. The van der Waals surface area contributed by atoms with E-state index in [4.69, 9.17) is 9.72 Å². The molecule has 4 aromatic rings. The first-order chi connectivity index (χ1) is 18.2. The standard InChI is InChI=1S/C29H33BrN6O2/c1-29(2,3)38-28(37)33-17-20-6-8-22(9-7-20)26-34-24-25(23(30)18-32-27(24)35-26)36-13-10-19(11-14-36)15-21-5-4-12-31-16-21/h4-9,12,16,18-19H,10-11,13-15,17H2,1-3H3,(H,33,37)(H,32,34,35). The second kappa shape index (κ2) is 11.1. The van der Waals surface area contributed by atoms with Crippen LogP contribution in [-0.4, -0.2) is 44.7 Å². The molecule has 1 fully saturated rings. The maximum atomic E-state index is 11.9. The van der Waals surface area contributed by atoms with Crippen LogP contribution < -0.4 is 10.2 Å². The number of pyridine rings is 2. The number of anilines is 1. The average Bonchev–Trinajstić information content (AvgIpc) is 3.32. The first kappa shape index (κ1) is 26.2. The van der Waals surface area contributed by atoms with E-state index < -0.39 is 11.7 Å². The number of hydrogen-bond donors (Lipinski definition) is 2. The largest absolute Gasteiger partial charge is 0.444 e. The molecule has 0 unspecified atom stereocenters. The Labute approximate surface area is 231 Å². The van der Waals surface area contributed by atoms with Crippen LogP contribution in [0.3, 0.4) is 0 Å². The minimum Gasteiger partial charge on any atom is -0.444 e. The Balaban J connectivity index is 1.27. The highest BCUT2D eigenvalue weighted by atomic mass is 79.9. The van der Waals surface area contributed by atoms with E-state index in [-0.39, 0.29) is 0 Å². The van der Waals surface area contributed by atoms with Crippen molar-refractivity contribution in [1.82, 2.24) is 25.3 Å². The fourth-order valence-electron chi connectivity index (χ4n) is 4.84.